The van der Waals surface area contributed by atoms with E-state index >= 15 is 0 Å². The van der Waals surface area contributed by atoms with E-state index in [2.05, 4.69) is 43.4 Å². The number of para-hydroxylation sites is 1. The Bertz CT molecular complexity index is 501. The van der Waals surface area contributed by atoms with Crippen molar-refractivity contribution in [2.75, 3.05) is 7.05 Å². The summed E-state index contributed by atoms with van der Waals surface area (Å²) in [5.41, 5.74) is 2.24. The summed E-state index contributed by atoms with van der Waals surface area (Å²) in [5, 5.41) is 4.57. The van der Waals surface area contributed by atoms with Gasteiger partial charge in [0.1, 0.15) is 11.3 Å². The van der Waals surface area contributed by atoms with Gasteiger partial charge in [-0.2, -0.15) is 0 Å². The molecule has 1 unspecified atom stereocenters. The van der Waals surface area contributed by atoms with Crippen molar-refractivity contribution in [1.29, 1.82) is 0 Å². The maximum absolute atomic E-state index is 6.02. The summed E-state index contributed by atoms with van der Waals surface area (Å²) in [6, 6.07) is 8.82. The summed E-state index contributed by atoms with van der Waals surface area (Å²) in [4.78, 5) is 0. The van der Waals surface area contributed by atoms with Crippen molar-refractivity contribution in [3.63, 3.8) is 0 Å². The van der Waals surface area contributed by atoms with Crippen molar-refractivity contribution in [3.05, 3.63) is 35.6 Å². The summed E-state index contributed by atoms with van der Waals surface area (Å²) in [5.74, 6) is 1.07. The first-order chi connectivity index (χ1) is 8.76. The minimum Gasteiger partial charge on any atom is -0.459 e. The van der Waals surface area contributed by atoms with Crippen LogP contribution in [0.5, 0.6) is 0 Å². The molecular formula is C16H23NO. The molecule has 2 rings (SSSR count). The molecule has 0 aliphatic rings. The van der Waals surface area contributed by atoms with Gasteiger partial charge in [-0.15, -0.1) is 0 Å². The lowest BCUT2D eigenvalue weighted by Gasteiger charge is -2.12. The highest BCUT2D eigenvalue weighted by Gasteiger charge is 2.14. The molecule has 0 radical (unpaired) electrons. The fraction of sp³-hybridized carbons (Fsp3) is 0.500. The van der Waals surface area contributed by atoms with E-state index in [-0.39, 0.29) is 0 Å². The second-order valence-corrected chi connectivity index (χ2v) is 4.98. The highest BCUT2D eigenvalue weighted by Crippen LogP contribution is 2.28. The van der Waals surface area contributed by atoms with Crippen LogP contribution in [0.2, 0.25) is 0 Å². The Balaban J connectivity index is 2.20. The van der Waals surface area contributed by atoms with Gasteiger partial charge >= 0.3 is 0 Å². The van der Waals surface area contributed by atoms with Crippen LogP contribution >= 0.6 is 0 Å². The van der Waals surface area contributed by atoms with E-state index < -0.39 is 0 Å². The van der Waals surface area contributed by atoms with E-state index in [4.69, 9.17) is 4.42 Å². The van der Waals surface area contributed by atoms with E-state index in [1.807, 2.05) is 7.05 Å². The van der Waals surface area contributed by atoms with Crippen LogP contribution in [0.3, 0.4) is 0 Å². The van der Waals surface area contributed by atoms with Gasteiger partial charge in [0.2, 0.25) is 0 Å². The predicted molar refractivity (Wildman–Crippen MR) is 76.9 cm³/mol. The average Bonchev–Trinajstić information content (AvgIpc) is 2.80. The maximum atomic E-state index is 6.02. The topological polar surface area (TPSA) is 25.2 Å². The van der Waals surface area contributed by atoms with E-state index in [1.165, 1.54) is 30.2 Å². The minimum atomic E-state index is 0.336. The van der Waals surface area contributed by atoms with Gasteiger partial charge in [0.15, 0.2) is 0 Å². The standard InChI is InChI=1S/C16H23NO/c1-4-5-6-10-14(17-3)15-11-13-9-7-8-12(2)16(13)18-15/h7-9,11,14,17H,4-6,10H2,1-3H3. The Morgan fingerprint density at radius 3 is 2.78 bits per heavy atom. The van der Waals surface area contributed by atoms with Crippen LogP contribution in [0.15, 0.2) is 28.7 Å². The van der Waals surface area contributed by atoms with E-state index in [0.29, 0.717) is 6.04 Å². The lowest BCUT2D eigenvalue weighted by molar-refractivity contribution is 0.419. The molecule has 2 aromatic rings. The highest BCUT2D eigenvalue weighted by molar-refractivity contribution is 5.80. The molecule has 0 spiro atoms. The fourth-order valence-corrected chi connectivity index (χ4v) is 2.43. The number of rotatable bonds is 6. The quantitative estimate of drug-likeness (QED) is 0.753. The van der Waals surface area contributed by atoms with Gasteiger partial charge in [0.05, 0.1) is 6.04 Å². The van der Waals surface area contributed by atoms with Crippen LogP contribution in [0.25, 0.3) is 11.0 Å². The van der Waals surface area contributed by atoms with Gasteiger partial charge in [-0.3, -0.25) is 0 Å². The number of benzene rings is 1. The van der Waals surface area contributed by atoms with E-state index in [1.54, 1.807) is 0 Å². The zero-order chi connectivity index (χ0) is 13.0. The molecule has 0 aliphatic heterocycles. The fourth-order valence-electron chi connectivity index (χ4n) is 2.43. The molecule has 2 nitrogen and oxygen atoms in total. The second-order valence-electron chi connectivity index (χ2n) is 4.98. The smallest absolute Gasteiger partial charge is 0.137 e. The first-order valence-electron chi connectivity index (χ1n) is 6.92. The lowest BCUT2D eigenvalue weighted by Crippen LogP contribution is -2.15. The van der Waals surface area contributed by atoms with Crippen molar-refractivity contribution >= 4 is 11.0 Å². The summed E-state index contributed by atoms with van der Waals surface area (Å²) < 4.78 is 6.02. The van der Waals surface area contributed by atoms with Crippen molar-refractivity contribution in [2.24, 2.45) is 0 Å². The molecule has 0 amide bonds. The number of furan rings is 1. The number of fused-ring (bicyclic) bond motifs is 1. The number of hydrogen-bond donors (Lipinski definition) is 1. The zero-order valence-electron chi connectivity index (χ0n) is 11.6. The first-order valence-corrected chi connectivity index (χ1v) is 6.92. The third-order valence-corrected chi connectivity index (χ3v) is 3.55. The van der Waals surface area contributed by atoms with Crippen molar-refractivity contribution in [2.45, 2.75) is 45.6 Å². The van der Waals surface area contributed by atoms with Crippen molar-refractivity contribution < 1.29 is 4.42 Å². The van der Waals surface area contributed by atoms with Crippen LogP contribution in [0.1, 0.15) is 50.0 Å². The Kier molecular flexibility index (Phi) is 4.43. The molecule has 1 N–H and O–H groups in total. The summed E-state index contributed by atoms with van der Waals surface area (Å²) in [7, 11) is 2.01. The molecule has 1 aromatic heterocycles. The Hall–Kier alpha value is -1.28. The van der Waals surface area contributed by atoms with Gasteiger partial charge < -0.3 is 9.73 Å². The van der Waals surface area contributed by atoms with Gasteiger partial charge in [-0.25, -0.2) is 0 Å². The molecule has 0 saturated carbocycles. The van der Waals surface area contributed by atoms with Crippen molar-refractivity contribution in [1.82, 2.24) is 5.32 Å². The van der Waals surface area contributed by atoms with Crippen LogP contribution < -0.4 is 5.32 Å². The monoisotopic (exact) mass is 245 g/mol. The maximum Gasteiger partial charge on any atom is 0.137 e. The van der Waals surface area contributed by atoms with Gasteiger partial charge in [0.25, 0.3) is 0 Å². The van der Waals surface area contributed by atoms with Crippen LogP contribution in [0.4, 0.5) is 0 Å². The van der Waals surface area contributed by atoms with Gasteiger partial charge in [-0.1, -0.05) is 44.4 Å². The highest BCUT2D eigenvalue weighted by atomic mass is 16.3. The van der Waals surface area contributed by atoms with E-state index in [9.17, 15) is 0 Å². The van der Waals surface area contributed by atoms with Gasteiger partial charge in [0, 0.05) is 5.39 Å². The Morgan fingerprint density at radius 2 is 2.11 bits per heavy atom. The SMILES string of the molecule is CCCCCC(NC)c1cc2cccc(C)c2o1. The first kappa shape index (κ1) is 13.2. The number of nitrogens with one attached hydrogen (secondary N) is 1. The molecule has 0 aliphatic carbocycles. The molecule has 0 fully saturated rings. The van der Waals surface area contributed by atoms with Crippen LogP contribution in [-0.4, -0.2) is 7.05 Å². The Labute approximate surface area is 109 Å². The molecule has 1 atom stereocenters. The molecule has 0 bridgehead atoms. The van der Waals surface area contributed by atoms with Crippen LogP contribution in [-0.2, 0) is 0 Å². The molecule has 1 heterocycles. The summed E-state index contributed by atoms with van der Waals surface area (Å²) >= 11 is 0. The summed E-state index contributed by atoms with van der Waals surface area (Å²) in [6.45, 7) is 4.33. The van der Waals surface area contributed by atoms with Crippen LogP contribution in [0, 0.1) is 6.92 Å². The van der Waals surface area contributed by atoms with E-state index in [0.717, 1.165) is 17.8 Å². The second kappa shape index (κ2) is 6.05. The molecule has 2 heteroatoms. The molecular weight excluding hydrogens is 222 g/mol. The normalized spacial score (nSPS) is 13.1. The number of unbranched alkanes of at least 4 members (excludes halogenated alkanes) is 2. The number of hydrogen-bond acceptors (Lipinski definition) is 2. The third-order valence-electron chi connectivity index (χ3n) is 3.55. The molecule has 1 aromatic carbocycles. The van der Waals surface area contributed by atoms with Crippen molar-refractivity contribution in [3.8, 4) is 0 Å². The summed E-state index contributed by atoms with van der Waals surface area (Å²) in [6.07, 6.45) is 4.94. The molecule has 98 valence electrons. The largest absolute Gasteiger partial charge is 0.459 e. The Morgan fingerprint density at radius 1 is 1.28 bits per heavy atom. The predicted octanol–water partition coefficient (Wildman–Crippen LogP) is 4.58. The minimum absolute atomic E-state index is 0.336. The third kappa shape index (κ3) is 2.75. The average molecular weight is 245 g/mol. The van der Waals surface area contributed by atoms with Gasteiger partial charge in [-0.05, 0) is 32.0 Å². The molecule has 18 heavy (non-hydrogen) atoms. The molecule has 0 saturated heterocycles. The number of aryl methyl sites for hydroxylation is 1. The zero-order valence-corrected chi connectivity index (χ0v) is 11.6. The lowest BCUT2D eigenvalue weighted by atomic mass is 10.1.